The zero-order valence-electron chi connectivity index (χ0n) is 14.2. The van der Waals surface area contributed by atoms with Crippen molar-refractivity contribution in [3.8, 4) is 23.0 Å². The quantitative estimate of drug-likeness (QED) is 0.659. The van der Waals surface area contributed by atoms with Gasteiger partial charge in [-0.05, 0) is 29.8 Å². The van der Waals surface area contributed by atoms with Crippen molar-refractivity contribution in [2.75, 3.05) is 14.2 Å². The van der Waals surface area contributed by atoms with Crippen LogP contribution in [-0.4, -0.2) is 29.2 Å². The van der Waals surface area contributed by atoms with Gasteiger partial charge in [0.05, 0.1) is 19.4 Å². The van der Waals surface area contributed by atoms with E-state index in [9.17, 15) is 0 Å². The van der Waals surface area contributed by atoms with Gasteiger partial charge in [0.25, 0.3) is 0 Å². The first-order valence-electron chi connectivity index (χ1n) is 7.81. The Hall–Kier alpha value is -2.99. The normalized spacial score (nSPS) is 10.5. The van der Waals surface area contributed by atoms with E-state index < -0.39 is 0 Å². The lowest BCUT2D eigenvalue weighted by Gasteiger charge is -2.10. The van der Waals surface area contributed by atoms with Crippen LogP contribution in [0.2, 0.25) is 0 Å². The van der Waals surface area contributed by atoms with Crippen LogP contribution in [0.4, 0.5) is 0 Å². The first-order chi connectivity index (χ1) is 12.3. The summed E-state index contributed by atoms with van der Waals surface area (Å²) in [6.07, 6.45) is 3.41. The minimum absolute atomic E-state index is 0.385. The van der Waals surface area contributed by atoms with Gasteiger partial charge in [-0.2, -0.15) is 4.98 Å². The average molecular weight is 337 g/mol. The molecule has 0 unspecified atom stereocenters. The third kappa shape index (κ3) is 4.51. The Morgan fingerprint density at radius 1 is 0.920 bits per heavy atom. The largest absolute Gasteiger partial charge is 0.497 e. The van der Waals surface area contributed by atoms with Crippen LogP contribution in [0, 0.1) is 0 Å². The maximum atomic E-state index is 5.86. The summed E-state index contributed by atoms with van der Waals surface area (Å²) in [6.45, 7) is 0.770. The highest BCUT2D eigenvalue weighted by molar-refractivity contribution is 5.54. The lowest BCUT2D eigenvalue weighted by atomic mass is 10.2. The van der Waals surface area contributed by atoms with E-state index in [1.54, 1.807) is 32.7 Å². The summed E-state index contributed by atoms with van der Waals surface area (Å²) in [5.41, 5.74) is 2.63. The van der Waals surface area contributed by atoms with E-state index in [1.165, 1.54) is 0 Å². The maximum Gasteiger partial charge on any atom is 0.217 e. The minimum atomic E-state index is 0.385. The van der Waals surface area contributed by atoms with Gasteiger partial charge >= 0.3 is 0 Å². The predicted molar refractivity (Wildman–Crippen MR) is 93.3 cm³/mol. The SMILES string of the molecule is COCc1cc(OCc2cccc(OC)c2)nc(-c2ccncc2)n1. The molecule has 0 spiro atoms. The highest BCUT2D eigenvalue weighted by atomic mass is 16.5. The smallest absolute Gasteiger partial charge is 0.217 e. The fraction of sp³-hybridized carbons (Fsp3) is 0.211. The van der Waals surface area contributed by atoms with Gasteiger partial charge in [-0.15, -0.1) is 0 Å². The molecule has 2 aromatic heterocycles. The van der Waals surface area contributed by atoms with Gasteiger partial charge in [0.2, 0.25) is 5.88 Å². The molecule has 6 nitrogen and oxygen atoms in total. The molecule has 3 aromatic rings. The van der Waals surface area contributed by atoms with Crippen LogP contribution in [0.15, 0.2) is 54.9 Å². The Morgan fingerprint density at radius 2 is 1.76 bits per heavy atom. The third-order valence-corrected chi connectivity index (χ3v) is 3.51. The van der Waals surface area contributed by atoms with Crippen LogP contribution >= 0.6 is 0 Å². The highest BCUT2D eigenvalue weighted by Gasteiger charge is 2.08. The molecule has 128 valence electrons. The number of nitrogens with zero attached hydrogens (tertiary/aromatic N) is 3. The summed E-state index contributed by atoms with van der Waals surface area (Å²) in [5, 5.41) is 0. The Bertz CT molecular complexity index is 825. The third-order valence-electron chi connectivity index (χ3n) is 3.51. The van der Waals surface area contributed by atoms with Gasteiger partial charge in [-0.3, -0.25) is 4.98 Å². The molecule has 3 rings (SSSR count). The number of hydrogen-bond acceptors (Lipinski definition) is 6. The van der Waals surface area contributed by atoms with Crippen molar-refractivity contribution in [3.63, 3.8) is 0 Å². The molecule has 0 radical (unpaired) electrons. The molecule has 0 saturated carbocycles. The molecule has 0 N–H and O–H groups in total. The summed E-state index contributed by atoms with van der Waals surface area (Å²) in [4.78, 5) is 13.0. The molecule has 0 fully saturated rings. The fourth-order valence-corrected chi connectivity index (χ4v) is 2.32. The van der Waals surface area contributed by atoms with E-state index in [1.807, 2.05) is 36.4 Å². The lowest BCUT2D eigenvalue weighted by molar-refractivity contribution is 0.180. The zero-order valence-corrected chi connectivity index (χ0v) is 14.2. The van der Waals surface area contributed by atoms with Crippen molar-refractivity contribution in [1.29, 1.82) is 0 Å². The second kappa shape index (κ2) is 8.21. The number of benzene rings is 1. The molecule has 25 heavy (non-hydrogen) atoms. The molecular formula is C19H19N3O3. The first-order valence-corrected chi connectivity index (χ1v) is 7.81. The maximum absolute atomic E-state index is 5.86. The molecule has 0 atom stereocenters. The topological polar surface area (TPSA) is 66.4 Å². The minimum Gasteiger partial charge on any atom is -0.497 e. The van der Waals surface area contributed by atoms with Gasteiger partial charge < -0.3 is 14.2 Å². The molecule has 0 aliphatic rings. The van der Waals surface area contributed by atoms with Crippen LogP contribution < -0.4 is 9.47 Å². The molecule has 1 aromatic carbocycles. The van der Waals surface area contributed by atoms with E-state index in [2.05, 4.69) is 15.0 Å². The number of ether oxygens (including phenoxy) is 3. The van der Waals surface area contributed by atoms with Crippen LogP contribution in [0.1, 0.15) is 11.3 Å². The van der Waals surface area contributed by atoms with Crippen molar-refractivity contribution in [2.24, 2.45) is 0 Å². The molecule has 0 amide bonds. The van der Waals surface area contributed by atoms with Crippen molar-refractivity contribution < 1.29 is 14.2 Å². The van der Waals surface area contributed by atoms with Crippen LogP contribution in [0.25, 0.3) is 11.4 Å². The number of methoxy groups -OCH3 is 2. The van der Waals surface area contributed by atoms with Crippen molar-refractivity contribution in [2.45, 2.75) is 13.2 Å². The highest BCUT2D eigenvalue weighted by Crippen LogP contribution is 2.20. The summed E-state index contributed by atoms with van der Waals surface area (Å²) >= 11 is 0. The van der Waals surface area contributed by atoms with Gasteiger partial charge in [-0.25, -0.2) is 4.98 Å². The summed E-state index contributed by atoms with van der Waals surface area (Å²) < 4.78 is 16.3. The Balaban J connectivity index is 1.83. The number of hydrogen-bond donors (Lipinski definition) is 0. The molecule has 6 heteroatoms. The second-order valence-electron chi connectivity index (χ2n) is 5.33. The van der Waals surface area contributed by atoms with E-state index >= 15 is 0 Å². The van der Waals surface area contributed by atoms with Gasteiger partial charge in [0.1, 0.15) is 12.4 Å². The van der Waals surface area contributed by atoms with Crippen molar-refractivity contribution in [3.05, 3.63) is 66.1 Å². The summed E-state index contributed by atoms with van der Waals surface area (Å²) in [5.74, 6) is 1.87. The first kappa shape index (κ1) is 16.9. The number of pyridine rings is 1. The molecule has 0 bridgehead atoms. The van der Waals surface area contributed by atoms with Gasteiger partial charge in [-0.1, -0.05) is 12.1 Å². The van der Waals surface area contributed by atoms with E-state index in [4.69, 9.17) is 14.2 Å². The Labute approximate surface area is 146 Å². The molecular weight excluding hydrogens is 318 g/mol. The summed E-state index contributed by atoms with van der Waals surface area (Å²) in [6, 6.07) is 13.2. The van der Waals surface area contributed by atoms with Crippen LogP contribution in [0.5, 0.6) is 11.6 Å². The second-order valence-corrected chi connectivity index (χ2v) is 5.33. The molecule has 0 aliphatic heterocycles. The van der Waals surface area contributed by atoms with Crippen molar-refractivity contribution >= 4 is 0 Å². The van der Waals surface area contributed by atoms with E-state index in [0.29, 0.717) is 24.9 Å². The van der Waals surface area contributed by atoms with E-state index in [-0.39, 0.29) is 0 Å². The average Bonchev–Trinajstić information content (AvgIpc) is 2.67. The number of aromatic nitrogens is 3. The van der Waals surface area contributed by atoms with E-state index in [0.717, 1.165) is 22.6 Å². The Morgan fingerprint density at radius 3 is 2.52 bits per heavy atom. The van der Waals surface area contributed by atoms with Crippen LogP contribution in [0.3, 0.4) is 0 Å². The van der Waals surface area contributed by atoms with Crippen molar-refractivity contribution in [1.82, 2.24) is 15.0 Å². The van der Waals surface area contributed by atoms with Crippen LogP contribution in [-0.2, 0) is 18.0 Å². The monoisotopic (exact) mass is 337 g/mol. The van der Waals surface area contributed by atoms with Gasteiger partial charge in [0, 0.05) is 31.1 Å². The summed E-state index contributed by atoms with van der Waals surface area (Å²) in [7, 11) is 3.27. The standard InChI is InChI=1S/C19H19N3O3/c1-23-13-16-11-18(22-19(21-16)15-6-8-20-9-7-15)25-12-14-4-3-5-17(10-14)24-2/h3-11H,12-13H2,1-2H3. The lowest BCUT2D eigenvalue weighted by Crippen LogP contribution is -2.03. The molecule has 0 saturated heterocycles. The molecule has 2 heterocycles. The fourth-order valence-electron chi connectivity index (χ4n) is 2.32. The predicted octanol–water partition coefficient (Wildman–Crippen LogP) is 3.27. The van der Waals surface area contributed by atoms with Gasteiger partial charge in [0.15, 0.2) is 5.82 Å². The Kier molecular flexibility index (Phi) is 5.53. The molecule has 0 aliphatic carbocycles. The zero-order chi connectivity index (χ0) is 17.5. The number of rotatable bonds is 7.